The molecule has 3 rings (SSSR count). The van der Waals surface area contributed by atoms with Crippen LogP contribution in [0.5, 0.6) is 5.75 Å². The fourth-order valence-corrected chi connectivity index (χ4v) is 2.63. The summed E-state index contributed by atoms with van der Waals surface area (Å²) in [5, 5.41) is 7.08. The molecule has 0 unspecified atom stereocenters. The molecule has 0 atom stereocenters. The number of carbonyl (C=O) groups excluding carboxylic acids is 1. The van der Waals surface area contributed by atoms with Crippen LogP contribution in [-0.2, 0) is 11.3 Å². The minimum Gasteiger partial charge on any atom is -0.484 e. The van der Waals surface area contributed by atoms with Gasteiger partial charge in [0.05, 0.1) is 11.6 Å². The molecule has 1 aromatic heterocycles. The Bertz CT molecular complexity index is 930. The van der Waals surface area contributed by atoms with E-state index in [1.807, 2.05) is 31.2 Å². The molecular formula is C18H15BrClN3O3. The molecule has 0 saturated heterocycles. The maximum absolute atomic E-state index is 11.9. The minimum atomic E-state index is -0.289. The van der Waals surface area contributed by atoms with Gasteiger partial charge in [-0.1, -0.05) is 44.8 Å². The number of benzene rings is 2. The predicted molar refractivity (Wildman–Crippen MR) is 101 cm³/mol. The average Bonchev–Trinajstić information content (AvgIpc) is 3.10. The van der Waals surface area contributed by atoms with Gasteiger partial charge in [-0.25, -0.2) is 0 Å². The zero-order valence-corrected chi connectivity index (χ0v) is 16.2. The minimum absolute atomic E-state index is 0.105. The number of ether oxygens (including phenoxy) is 1. The summed E-state index contributed by atoms with van der Waals surface area (Å²) in [7, 11) is 0. The largest absolute Gasteiger partial charge is 0.484 e. The number of halogens is 2. The van der Waals surface area contributed by atoms with Crippen LogP contribution in [0.2, 0.25) is 5.02 Å². The van der Waals surface area contributed by atoms with Gasteiger partial charge in [-0.05, 0) is 42.8 Å². The van der Waals surface area contributed by atoms with Gasteiger partial charge in [-0.2, -0.15) is 4.98 Å². The summed E-state index contributed by atoms with van der Waals surface area (Å²) in [6.45, 7) is 1.95. The molecule has 1 amide bonds. The van der Waals surface area contributed by atoms with Gasteiger partial charge in [-0.3, -0.25) is 4.79 Å². The molecule has 0 radical (unpaired) electrons. The molecule has 1 N–H and O–H groups in total. The lowest BCUT2D eigenvalue weighted by Gasteiger charge is -2.07. The van der Waals surface area contributed by atoms with E-state index in [4.69, 9.17) is 20.9 Å². The van der Waals surface area contributed by atoms with Gasteiger partial charge in [-0.15, -0.1) is 0 Å². The molecule has 6 nitrogen and oxygen atoms in total. The van der Waals surface area contributed by atoms with Crippen LogP contribution >= 0.6 is 27.5 Å². The zero-order valence-electron chi connectivity index (χ0n) is 13.8. The first-order valence-corrected chi connectivity index (χ1v) is 8.93. The van der Waals surface area contributed by atoms with Crippen molar-refractivity contribution in [3.63, 3.8) is 0 Å². The zero-order chi connectivity index (χ0) is 18.5. The third-order valence-electron chi connectivity index (χ3n) is 3.52. The van der Waals surface area contributed by atoms with Gasteiger partial charge in [0.25, 0.3) is 5.91 Å². The van der Waals surface area contributed by atoms with E-state index in [2.05, 4.69) is 31.4 Å². The highest BCUT2D eigenvalue weighted by molar-refractivity contribution is 9.10. The second-order valence-electron chi connectivity index (χ2n) is 5.47. The molecule has 3 aromatic rings. The van der Waals surface area contributed by atoms with E-state index >= 15 is 0 Å². The van der Waals surface area contributed by atoms with Crippen LogP contribution in [-0.4, -0.2) is 22.7 Å². The number of aromatic nitrogens is 2. The molecule has 0 aliphatic heterocycles. The first kappa shape index (κ1) is 18.4. The normalized spacial score (nSPS) is 10.6. The molecule has 2 aromatic carbocycles. The second kappa shape index (κ2) is 8.33. The van der Waals surface area contributed by atoms with Crippen molar-refractivity contribution in [1.29, 1.82) is 0 Å². The van der Waals surface area contributed by atoms with Gasteiger partial charge in [0, 0.05) is 10.0 Å². The Labute approximate surface area is 163 Å². The number of rotatable bonds is 6. The van der Waals surface area contributed by atoms with Crippen LogP contribution in [0.15, 0.2) is 51.5 Å². The topological polar surface area (TPSA) is 77.2 Å². The van der Waals surface area contributed by atoms with E-state index in [1.54, 1.807) is 18.2 Å². The van der Waals surface area contributed by atoms with Crippen molar-refractivity contribution in [2.45, 2.75) is 13.5 Å². The summed E-state index contributed by atoms with van der Waals surface area (Å²) >= 11 is 9.52. The van der Waals surface area contributed by atoms with Crippen LogP contribution in [0, 0.1) is 6.92 Å². The van der Waals surface area contributed by atoms with Gasteiger partial charge in [0.15, 0.2) is 6.61 Å². The standard InChI is InChI=1S/C18H15BrClN3O3/c1-11-8-12(6-7-14(11)19)25-10-16(24)21-9-17-22-18(23-26-17)13-4-2-3-5-15(13)20/h2-8H,9-10H2,1H3,(H,21,24). The number of aryl methyl sites for hydroxylation is 1. The van der Waals surface area contributed by atoms with E-state index < -0.39 is 0 Å². The van der Waals surface area contributed by atoms with E-state index in [0.29, 0.717) is 22.2 Å². The van der Waals surface area contributed by atoms with Crippen molar-refractivity contribution in [1.82, 2.24) is 15.5 Å². The van der Waals surface area contributed by atoms with Gasteiger partial charge < -0.3 is 14.6 Å². The molecule has 0 spiro atoms. The lowest BCUT2D eigenvalue weighted by molar-refractivity contribution is -0.123. The van der Waals surface area contributed by atoms with Crippen LogP contribution in [0.1, 0.15) is 11.5 Å². The molecule has 0 bridgehead atoms. The summed E-state index contributed by atoms with van der Waals surface area (Å²) in [5.41, 5.74) is 1.70. The third-order valence-corrected chi connectivity index (χ3v) is 4.74. The highest BCUT2D eigenvalue weighted by atomic mass is 79.9. The quantitative estimate of drug-likeness (QED) is 0.628. The van der Waals surface area contributed by atoms with E-state index in [1.165, 1.54) is 0 Å². The molecule has 0 aliphatic rings. The van der Waals surface area contributed by atoms with Crippen molar-refractivity contribution in [2.24, 2.45) is 0 Å². The summed E-state index contributed by atoms with van der Waals surface area (Å²) in [6, 6.07) is 12.7. The van der Waals surface area contributed by atoms with Crippen LogP contribution in [0.3, 0.4) is 0 Å². The number of nitrogens with zero attached hydrogens (tertiary/aromatic N) is 2. The summed E-state index contributed by atoms with van der Waals surface area (Å²) in [5.74, 6) is 0.997. The Hall–Kier alpha value is -2.38. The number of carbonyl (C=O) groups is 1. The Morgan fingerprint density at radius 1 is 1.31 bits per heavy atom. The summed E-state index contributed by atoms with van der Waals surface area (Å²) < 4.78 is 11.6. The monoisotopic (exact) mass is 435 g/mol. The maximum atomic E-state index is 11.9. The van der Waals surface area contributed by atoms with Crippen molar-refractivity contribution in [3.05, 3.63) is 63.4 Å². The maximum Gasteiger partial charge on any atom is 0.258 e. The average molecular weight is 437 g/mol. The van der Waals surface area contributed by atoms with Gasteiger partial charge in [0.2, 0.25) is 11.7 Å². The van der Waals surface area contributed by atoms with E-state index in [9.17, 15) is 4.79 Å². The van der Waals surface area contributed by atoms with Crippen LogP contribution in [0.4, 0.5) is 0 Å². The fourth-order valence-electron chi connectivity index (χ4n) is 2.16. The van der Waals surface area contributed by atoms with E-state index in [0.717, 1.165) is 10.0 Å². The number of hydrogen-bond acceptors (Lipinski definition) is 5. The van der Waals surface area contributed by atoms with Crippen molar-refractivity contribution in [3.8, 4) is 17.1 Å². The molecule has 0 aliphatic carbocycles. The molecule has 26 heavy (non-hydrogen) atoms. The van der Waals surface area contributed by atoms with Crippen molar-refractivity contribution in [2.75, 3.05) is 6.61 Å². The Morgan fingerprint density at radius 3 is 2.88 bits per heavy atom. The van der Waals surface area contributed by atoms with Crippen molar-refractivity contribution >= 4 is 33.4 Å². The summed E-state index contributed by atoms with van der Waals surface area (Å²) in [4.78, 5) is 16.1. The Morgan fingerprint density at radius 2 is 2.12 bits per heavy atom. The number of nitrogens with one attached hydrogen (secondary N) is 1. The van der Waals surface area contributed by atoms with Crippen LogP contribution < -0.4 is 10.1 Å². The number of amides is 1. The van der Waals surface area contributed by atoms with Gasteiger partial charge in [0.1, 0.15) is 5.75 Å². The van der Waals surface area contributed by atoms with Gasteiger partial charge >= 0.3 is 0 Å². The molecule has 134 valence electrons. The summed E-state index contributed by atoms with van der Waals surface area (Å²) in [6.07, 6.45) is 0. The highest BCUT2D eigenvalue weighted by Gasteiger charge is 2.12. The molecule has 0 fully saturated rings. The van der Waals surface area contributed by atoms with Crippen LogP contribution in [0.25, 0.3) is 11.4 Å². The fraction of sp³-hybridized carbons (Fsp3) is 0.167. The number of hydrogen-bond donors (Lipinski definition) is 1. The Balaban J connectivity index is 1.52. The predicted octanol–water partition coefficient (Wildman–Crippen LogP) is 4.16. The molecule has 8 heteroatoms. The van der Waals surface area contributed by atoms with E-state index in [-0.39, 0.29) is 24.9 Å². The SMILES string of the molecule is Cc1cc(OCC(=O)NCc2nc(-c3ccccc3Cl)no2)ccc1Br. The lowest BCUT2D eigenvalue weighted by Crippen LogP contribution is -2.28. The first-order valence-electron chi connectivity index (χ1n) is 7.76. The lowest BCUT2D eigenvalue weighted by atomic mass is 10.2. The first-order chi connectivity index (χ1) is 12.5. The van der Waals surface area contributed by atoms with Crippen molar-refractivity contribution < 1.29 is 14.1 Å². The highest BCUT2D eigenvalue weighted by Crippen LogP contribution is 2.25. The Kier molecular flexibility index (Phi) is 5.90. The molecular weight excluding hydrogens is 422 g/mol. The second-order valence-corrected chi connectivity index (χ2v) is 6.73. The molecule has 0 saturated carbocycles. The smallest absolute Gasteiger partial charge is 0.258 e. The molecule has 1 heterocycles. The third kappa shape index (κ3) is 4.62.